The van der Waals surface area contributed by atoms with Gasteiger partial charge in [0.1, 0.15) is 5.75 Å². The van der Waals surface area contributed by atoms with Gasteiger partial charge in [-0.3, -0.25) is 0 Å². The third-order valence-electron chi connectivity index (χ3n) is 4.08. The van der Waals surface area contributed by atoms with Crippen LogP contribution in [0.1, 0.15) is 32.6 Å². The maximum Gasteiger partial charge on any atom is 0.120 e. The van der Waals surface area contributed by atoms with E-state index in [9.17, 15) is 0 Å². The highest BCUT2D eigenvalue weighted by Crippen LogP contribution is 2.43. The molecular weight excluding hydrogens is 290 g/mol. The molecule has 2 atom stereocenters. The summed E-state index contributed by atoms with van der Waals surface area (Å²) in [5.74, 6) is 1.75. The van der Waals surface area contributed by atoms with Crippen LogP contribution in [0.4, 0.5) is 0 Å². The number of nitrogens with two attached hydrogens (primary N) is 1. The van der Waals surface area contributed by atoms with Crippen molar-refractivity contribution in [1.29, 1.82) is 0 Å². The van der Waals surface area contributed by atoms with Crippen molar-refractivity contribution < 1.29 is 4.74 Å². The predicted octanol–water partition coefficient (Wildman–Crippen LogP) is 3.98. The van der Waals surface area contributed by atoms with Gasteiger partial charge < -0.3 is 10.5 Å². The first-order chi connectivity index (χ1) is 8.63. The van der Waals surface area contributed by atoms with E-state index in [1.54, 1.807) is 0 Å². The molecule has 3 heteroatoms. The summed E-state index contributed by atoms with van der Waals surface area (Å²) in [5, 5.41) is 0. The van der Waals surface area contributed by atoms with Gasteiger partial charge in [0.2, 0.25) is 0 Å². The van der Waals surface area contributed by atoms with E-state index >= 15 is 0 Å². The van der Waals surface area contributed by atoms with Gasteiger partial charge in [0.25, 0.3) is 0 Å². The van der Waals surface area contributed by atoms with Gasteiger partial charge in [0.05, 0.1) is 6.61 Å². The second kappa shape index (κ2) is 6.07. The molecule has 0 spiro atoms. The summed E-state index contributed by atoms with van der Waals surface area (Å²) >= 11 is 3.45. The highest BCUT2D eigenvalue weighted by Gasteiger charge is 2.35. The molecule has 2 rings (SSSR count). The molecule has 1 aliphatic carbocycles. The Bertz CT molecular complexity index is 396. The number of hydrogen-bond acceptors (Lipinski definition) is 2. The van der Waals surface area contributed by atoms with Crippen LogP contribution in [0, 0.1) is 11.3 Å². The van der Waals surface area contributed by atoms with E-state index in [1.165, 1.54) is 19.3 Å². The SMILES string of the molecule is CC1CCC(CN)(CCOc2cccc(Br)c2)C1. The lowest BCUT2D eigenvalue weighted by atomic mass is 9.82. The largest absolute Gasteiger partial charge is 0.494 e. The molecule has 0 radical (unpaired) electrons. The molecule has 2 unspecified atom stereocenters. The Hall–Kier alpha value is -0.540. The Morgan fingerprint density at radius 2 is 2.33 bits per heavy atom. The first-order valence-corrected chi connectivity index (χ1v) is 7.51. The van der Waals surface area contributed by atoms with Crippen LogP contribution in [0.2, 0.25) is 0 Å². The summed E-state index contributed by atoms with van der Waals surface area (Å²) < 4.78 is 6.88. The minimum atomic E-state index is 0.325. The minimum absolute atomic E-state index is 0.325. The zero-order valence-corrected chi connectivity index (χ0v) is 12.6. The second-order valence-corrected chi connectivity index (χ2v) is 6.52. The zero-order valence-electron chi connectivity index (χ0n) is 11.0. The summed E-state index contributed by atoms with van der Waals surface area (Å²) in [6.45, 7) is 3.88. The summed E-state index contributed by atoms with van der Waals surface area (Å²) in [4.78, 5) is 0. The third-order valence-corrected chi connectivity index (χ3v) is 4.57. The third kappa shape index (κ3) is 3.48. The van der Waals surface area contributed by atoms with Crippen molar-refractivity contribution in [2.45, 2.75) is 32.6 Å². The summed E-state index contributed by atoms with van der Waals surface area (Å²) in [6, 6.07) is 8.01. The van der Waals surface area contributed by atoms with Crippen molar-refractivity contribution >= 4 is 15.9 Å². The van der Waals surface area contributed by atoms with Crippen molar-refractivity contribution in [2.75, 3.05) is 13.2 Å². The van der Waals surface area contributed by atoms with E-state index in [0.717, 1.165) is 35.7 Å². The van der Waals surface area contributed by atoms with Gasteiger partial charge >= 0.3 is 0 Å². The molecule has 0 bridgehead atoms. The van der Waals surface area contributed by atoms with E-state index in [-0.39, 0.29) is 0 Å². The first-order valence-electron chi connectivity index (χ1n) is 6.72. The van der Waals surface area contributed by atoms with Gasteiger partial charge in [0, 0.05) is 4.47 Å². The molecule has 0 saturated heterocycles. The van der Waals surface area contributed by atoms with Crippen LogP contribution in [-0.2, 0) is 0 Å². The molecule has 0 aromatic heterocycles. The first kappa shape index (κ1) is 13.9. The monoisotopic (exact) mass is 311 g/mol. The number of halogens is 1. The maximum absolute atomic E-state index is 5.97. The van der Waals surface area contributed by atoms with Crippen molar-refractivity contribution in [1.82, 2.24) is 0 Å². The quantitative estimate of drug-likeness (QED) is 0.892. The molecule has 0 amide bonds. The van der Waals surface area contributed by atoms with E-state index in [2.05, 4.69) is 22.9 Å². The Balaban J connectivity index is 1.84. The fraction of sp³-hybridized carbons (Fsp3) is 0.600. The van der Waals surface area contributed by atoms with Gasteiger partial charge in [0.15, 0.2) is 0 Å². The average Bonchev–Trinajstić information content (AvgIpc) is 2.72. The van der Waals surface area contributed by atoms with Crippen molar-refractivity contribution in [3.05, 3.63) is 28.7 Å². The topological polar surface area (TPSA) is 35.2 Å². The van der Waals surface area contributed by atoms with Crippen molar-refractivity contribution in [2.24, 2.45) is 17.1 Å². The molecule has 18 heavy (non-hydrogen) atoms. The highest BCUT2D eigenvalue weighted by molar-refractivity contribution is 9.10. The molecule has 0 heterocycles. The molecule has 0 aliphatic heterocycles. The molecule has 2 N–H and O–H groups in total. The van der Waals surface area contributed by atoms with Gasteiger partial charge in [-0.1, -0.05) is 35.3 Å². The number of benzene rings is 1. The van der Waals surface area contributed by atoms with Crippen molar-refractivity contribution in [3.63, 3.8) is 0 Å². The molecule has 1 aromatic rings. The van der Waals surface area contributed by atoms with E-state index in [4.69, 9.17) is 10.5 Å². The lowest BCUT2D eigenvalue weighted by Crippen LogP contribution is -2.29. The molecule has 1 aliphatic rings. The molecule has 1 aromatic carbocycles. The van der Waals surface area contributed by atoms with Crippen LogP contribution in [0.15, 0.2) is 28.7 Å². The van der Waals surface area contributed by atoms with Crippen molar-refractivity contribution in [3.8, 4) is 5.75 Å². The molecular formula is C15H22BrNO. The van der Waals surface area contributed by atoms with Crippen LogP contribution < -0.4 is 10.5 Å². The summed E-state index contributed by atoms with van der Waals surface area (Å²) in [7, 11) is 0. The lowest BCUT2D eigenvalue weighted by molar-refractivity contribution is 0.200. The molecule has 1 fully saturated rings. The number of hydrogen-bond donors (Lipinski definition) is 1. The second-order valence-electron chi connectivity index (χ2n) is 5.61. The van der Waals surface area contributed by atoms with Gasteiger partial charge in [-0.05, 0) is 55.3 Å². The van der Waals surface area contributed by atoms with E-state index in [0.29, 0.717) is 5.41 Å². The standard InChI is InChI=1S/C15H22BrNO/c1-12-5-6-15(10-12,11-17)7-8-18-14-4-2-3-13(16)9-14/h2-4,9,12H,5-8,10-11,17H2,1H3. The van der Waals surface area contributed by atoms with Crippen LogP contribution in [0.5, 0.6) is 5.75 Å². The highest BCUT2D eigenvalue weighted by atomic mass is 79.9. The Labute approximate surface area is 118 Å². The molecule has 2 nitrogen and oxygen atoms in total. The van der Waals surface area contributed by atoms with Crippen LogP contribution in [0.25, 0.3) is 0 Å². The fourth-order valence-corrected chi connectivity index (χ4v) is 3.33. The Morgan fingerprint density at radius 1 is 1.50 bits per heavy atom. The average molecular weight is 312 g/mol. The minimum Gasteiger partial charge on any atom is -0.494 e. The van der Waals surface area contributed by atoms with Gasteiger partial charge in [-0.2, -0.15) is 0 Å². The van der Waals surface area contributed by atoms with Crippen LogP contribution >= 0.6 is 15.9 Å². The maximum atomic E-state index is 5.97. The smallest absolute Gasteiger partial charge is 0.120 e. The van der Waals surface area contributed by atoms with Crippen LogP contribution in [0.3, 0.4) is 0 Å². The van der Waals surface area contributed by atoms with Crippen LogP contribution in [-0.4, -0.2) is 13.2 Å². The number of rotatable bonds is 5. The normalized spacial score (nSPS) is 27.4. The number of ether oxygens (including phenoxy) is 1. The zero-order chi connectivity index (χ0) is 13.0. The molecule has 1 saturated carbocycles. The predicted molar refractivity (Wildman–Crippen MR) is 78.8 cm³/mol. The summed E-state index contributed by atoms with van der Waals surface area (Å²) in [5.41, 5.74) is 6.30. The Kier molecular flexibility index (Phi) is 4.68. The van der Waals surface area contributed by atoms with Gasteiger partial charge in [-0.25, -0.2) is 0 Å². The van der Waals surface area contributed by atoms with Gasteiger partial charge in [-0.15, -0.1) is 0 Å². The fourth-order valence-electron chi connectivity index (χ4n) is 2.95. The van der Waals surface area contributed by atoms with E-state index < -0.39 is 0 Å². The Morgan fingerprint density at radius 3 is 2.94 bits per heavy atom. The summed E-state index contributed by atoms with van der Waals surface area (Å²) in [6.07, 6.45) is 4.90. The molecule has 100 valence electrons. The van der Waals surface area contributed by atoms with E-state index in [1.807, 2.05) is 24.3 Å². The lowest BCUT2D eigenvalue weighted by Gasteiger charge is -2.27.